The van der Waals surface area contributed by atoms with Crippen molar-refractivity contribution in [1.82, 2.24) is 0 Å². The van der Waals surface area contributed by atoms with E-state index >= 15 is 0 Å². The van der Waals surface area contributed by atoms with Crippen molar-refractivity contribution in [1.29, 1.82) is 0 Å². The van der Waals surface area contributed by atoms with E-state index in [1.54, 1.807) is 0 Å². The molecule has 0 aromatic heterocycles. The first-order valence-electron chi connectivity index (χ1n) is 0.692. The Morgan fingerprint density at radius 3 is 1.50 bits per heavy atom. The van der Waals surface area contributed by atoms with Gasteiger partial charge in [-0.3, -0.25) is 0 Å². The quantitative estimate of drug-likeness (QED) is 0.248. The molecule has 6 heteroatoms. The van der Waals surface area contributed by atoms with Gasteiger partial charge in [-0.25, -0.2) is 8.42 Å². The maximum absolute atomic E-state index is 10.3. The van der Waals surface area contributed by atoms with Gasteiger partial charge >= 0.3 is 18.9 Å². The first kappa shape index (κ1) is 9.67. The van der Waals surface area contributed by atoms with Gasteiger partial charge in [-0.2, -0.15) is 0 Å². The van der Waals surface area contributed by atoms with Gasteiger partial charge in [0.15, 0.2) is 0 Å². The minimum Gasteiger partial charge on any atom is -0.536 e. The molecule has 0 aliphatic carbocycles. The number of hydrogen-bond donors (Lipinski definition) is 0. The van der Waals surface area contributed by atoms with Crippen molar-refractivity contribution < 1.29 is 31.2 Å². The van der Waals surface area contributed by atoms with Gasteiger partial charge in [0.25, 0.3) is 0 Å². The van der Waals surface area contributed by atoms with Crippen molar-refractivity contribution >= 4 is 10.4 Å². The molecular formula is HFLiNO2S. The van der Waals surface area contributed by atoms with Gasteiger partial charge in [0.05, 0.1) is 0 Å². The number of rotatable bonds is 0. The van der Waals surface area contributed by atoms with Gasteiger partial charge in [0.2, 0.25) is 10.4 Å². The van der Waals surface area contributed by atoms with Crippen LogP contribution in [0.15, 0.2) is 0 Å². The van der Waals surface area contributed by atoms with Crippen molar-refractivity contribution in [3.63, 3.8) is 0 Å². The Labute approximate surface area is 47.2 Å². The van der Waals surface area contributed by atoms with Crippen LogP contribution in [0, 0.1) is 0 Å². The molecule has 0 fully saturated rings. The second kappa shape index (κ2) is 2.58. The summed E-state index contributed by atoms with van der Waals surface area (Å²) in [7, 11) is -4.92. The Kier molecular flexibility index (Phi) is 4.16. The van der Waals surface area contributed by atoms with Crippen LogP contribution < -0.4 is 18.9 Å². The molecule has 6 heavy (non-hydrogen) atoms. The third kappa shape index (κ3) is 274. The smallest absolute Gasteiger partial charge is 0.536 e. The van der Waals surface area contributed by atoms with E-state index in [9.17, 15) is 3.89 Å². The van der Waals surface area contributed by atoms with Gasteiger partial charge in [-0.1, -0.05) is 0 Å². The summed E-state index contributed by atoms with van der Waals surface area (Å²) in [6.45, 7) is 0. The van der Waals surface area contributed by atoms with Gasteiger partial charge in [-0.05, 0) is 0 Å². The number of nitrogens with one attached hydrogen (secondary N) is 1. The number of halogens is 1. The van der Waals surface area contributed by atoms with Crippen LogP contribution in [0.25, 0.3) is 5.14 Å². The van der Waals surface area contributed by atoms with Gasteiger partial charge in [0, 0.05) is 0 Å². The zero-order chi connectivity index (χ0) is 4.50. The summed E-state index contributed by atoms with van der Waals surface area (Å²) in [5, 5.41) is 5.24. The van der Waals surface area contributed by atoms with Crippen LogP contribution in [0.4, 0.5) is 3.89 Å². The molecule has 0 radical (unpaired) electrons. The number of hydrogen-bond acceptors (Lipinski definition) is 2. The van der Waals surface area contributed by atoms with E-state index in [1.807, 2.05) is 0 Å². The Morgan fingerprint density at radius 2 is 1.50 bits per heavy atom. The van der Waals surface area contributed by atoms with E-state index in [4.69, 9.17) is 13.6 Å². The minimum absolute atomic E-state index is 0. The Bertz CT molecular complexity index is 96.7. The zero-order valence-corrected chi connectivity index (χ0v) is 3.92. The molecule has 1 N–H and O–H groups in total. The molecular weight excluding hydrogens is 104 g/mol. The van der Waals surface area contributed by atoms with Crippen molar-refractivity contribution in [2.45, 2.75) is 0 Å². The van der Waals surface area contributed by atoms with Crippen molar-refractivity contribution in [2.75, 3.05) is 0 Å². The molecule has 0 aromatic rings. The summed E-state index contributed by atoms with van der Waals surface area (Å²) in [6.07, 6.45) is 0. The summed E-state index contributed by atoms with van der Waals surface area (Å²) < 4.78 is 27.6. The average Bonchev–Trinajstić information content (AvgIpc) is 0.722. The SMILES string of the molecule is [Li+].[NH-]S(=O)(=O)F. The average molecular weight is 105 g/mol. The summed E-state index contributed by atoms with van der Waals surface area (Å²) in [5.74, 6) is 0. The van der Waals surface area contributed by atoms with Crippen LogP contribution in [0.5, 0.6) is 0 Å². The molecule has 0 aliphatic rings. The van der Waals surface area contributed by atoms with Gasteiger partial charge < -0.3 is 5.14 Å². The molecule has 0 aliphatic heterocycles. The maximum Gasteiger partial charge on any atom is 1.00 e. The van der Waals surface area contributed by atoms with E-state index in [0.717, 1.165) is 0 Å². The maximum atomic E-state index is 10.3. The van der Waals surface area contributed by atoms with E-state index < -0.39 is 10.4 Å². The molecule has 32 valence electrons. The van der Waals surface area contributed by atoms with Gasteiger partial charge in [0.1, 0.15) is 0 Å². The molecule has 0 rings (SSSR count). The van der Waals surface area contributed by atoms with Crippen molar-refractivity contribution in [3.8, 4) is 0 Å². The summed E-state index contributed by atoms with van der Waals surface area (Å²) in [6, 6.07) is 0. The van der Waals surface area contributed by atoms with E-state index in [2.05, 4.69) is 0 Å². The van der Waals surface area contributed by atoms with Crippen LogP contribution in [-0.2, 0) is 10.4 Å². The molecule has 0 heterocycles. The molecule has 0 saturated carbocycles. The molecule has 0 bridgehead atoms. The van der Waals surface area contributed by atoms with Crippen LogP contribution in [0.1, 0.15) is 0 Å². The standard InChI is InChI=1S/FHNO2S.Li/c1-5(2,3)4;/h(H-,2,3,4);/q-1;+1. The first-order chi connectivity index (χ1) is 2.00. The third-order valence-corrected chi connectivity index (χ3v) is 0. The normalized spacial score (nSPS) is 9.67. The predicted octanol–water partition coefficient (Wildman–Crippen LogP) is -2.74. The second-order valence-corrected chi connectivity index (χ2v) is 1.31. The predicted molar refractivity (Wildman–Crippen MR) is 14.3 cm³/mol. The van der Waals surface area contributed by atoms with Crippen molar-refractivity contribution in [3.05, 3.63) is 5.14 Å². The molecule has 0 spiro atoms. The van der Waals surface area contributed by atoms with Crippen LogP contribution >= 0.6 is 0 Å². The zero-order valence-electron chi connectivity index (χ0n) is 3.10. The largest absolute Gasteiger partial charge is 1.00 e. The molecule has 0 aromatic carbocycles. The molecule has 3 nitrogen and oxygen atoms in total. The monoisotopic (exact) mass is 105 g/mol. The van der Waals surface area contributed by atoms with Gasteiger partial charge in [-0.15, -0.1) is 3.89 Å². The van der Waals surface area contributed by atoms with E-state index in [1.165, 1.54) is 0 Å². The Morgan fingerprint density at radius 1 is 1.50 bits per heavy atom. The van der Waals surface area contributed by atoms with Crippen LogP contribution in [0.3, 0.4) is 0 Å². The van der Waals surface area contributed by atoms with Crippen LogP contribution in [-0.4, -0.2) is 8.42 Å². The fraction of sp³-hybridized carbons (Fsp3) is 0. The molecule has 0 saturated heterocycles. The van der Waals surface area contributed by atoms with E-state index in [-0.39, 0.29) is 18.9 Å². The Hall–Kier alpha value is 0.437. The summed E-state index contributed by atoms with van der Waals surface area (Å²) in [4.78, 5) is 0. The fourth-order valence-corrected chi connectivity index (χ4v) is 0. The van der Waals surface area contributed by atoms with Crippen molar-refractivity contribution in [2.24, 2.45) is 0 Å². The molecule has 0 unspecified atom stereocenters. The summed E-state index contributed by atoms with van der Waals surface area (Å²) >= 11 is 0. The first-order valence-corrected chi connectivity index (χ1v) is 2.08. The van der Waals surface area contributed by atoms with E-state index in [0.29, 0.717) is 0 Å². The Balaban J connectivity index is 0. The summed E-state index contributed by atoms with van der Waals surface area (Å²) in [5.41, 5.74) is 0. The van der Waals surface area contributed by atoms with Crippen LogP contribution in [0.2, 0.25) is 0 Å². The fourth-order valence-electron chi connectivity index (χ4n) is 0. The third-order valence-electron chi connectivity index (χ3n) is 0. The second-order valence-electron chi connectivity index (χ2n) is 0.438. The molecule has 0 atom stereocenters. The minimum atomic E-state index is -4.92. The topological polar surface area (TPSA) is 57.9 Å². The molecule has 0 amide bonds.